The van der Waals surface area contributed by atoms with Gasteiger partial charge in [-0.05, 0) is 51.2 Å². The smallest absolute Gasteiger partial charge is 0.266 e. The molecule has 0 unspecified atom stereocenters. The predicted molar refractivity (Wildman–Crippen MR) is 122 cm³/mol. The van der Waals surface area contributed by atoms with Gasteiger partial charge in [0.1, 0.15) is 11.6 Å². The largest absolute Gasteiger partial charge is 0.379 e. The number of amides is 1. The number of likely N-dealkylation sites (tertiary alicyclic amines) is 1. The Hall–Kier alpha value is -2.16. The van der Waals surface area contributed by atoms with Crippen molar-refractivity contribution in [1.29, 1.82) is 5.26 Å². The summed E-state index contributed by atoms with van der Waals surface area (Å²) in [5.74, 6) is -0.386. The number of hydrogen-bond donors (Lipinski definition) is 1. The molecule has 2 aliphatic heterocycles. The SMILES string of the molecule is CN1CCC(N(C)C(=O)/C(C#N)=C\Nc2cc(S(=O)(=O)N3CCOCC3)ccc2Cl)CC1. The van der Waals surface area contributed by atoms with E-state index in [1.165, 1.54) is 28.7 Å². The zero-order valence-corrected chi connectivity index (χ0v) is 19.8. The number of nitrogens with zero attached hydrogens (tertiary/aromatic N) is 4. The lowest BCUT2D eigenvalue weighted by atomic mass is 10.0. The summed E-state index contributed by atoms with van der Waals surface area (Å²) in [6.45, 7) is 3.05. The molecule has 2 heterocycles. The first-order valence-electron chi connectivity index (χ1n) is 10.4. The van der Waals surface area contributed by atoms with E-state index in [0.717, 1.165) is 25.9 Å². The summed E-state index contributed by atoms with van der Waals surface area (Å²) in [4.78, 5) is 16.7. The number of sulfonamides is 1. The quantitative estimate of drug-likeness (QED) is 0.487. The van der Waals surface area contributed by atoms with Crippen LogP contribution in [0.2, 0.25) is 5.02 Å². The average molecular weight is 482 g/mol. The predicted octanol–water partition coefficient (Wildman–Crippen LogP) is 1.73. The number of carbonyl (C=O) groups excluding carboxylic acids is 1. The summed E-state index contributed by atoms with van der Waals surface area (Å²) in [5, 5.41) is 12.6. The number of carbonyl (C=O) groups is 1. The lowest BCUT2D eigenvalue weighted by molar-refractivity contribution is -0.128. The molecule has 9 nitrogen and oxygen atoms in total. The highest BCUT2D eigenvalue weighted by Crippen LogP contribution is 2.28. The number of likely N-dealkylation sites (N-methyl/N-ethyl adjacent to an activating group) is 1. The van der Waals surface area contributed by atoms with Crippen LogP contribution in [0.3, 0.4) is 0 Å². The highest BCUT2D eigenvalue weighted by Gasteiger charge is 2.28. The van der Waals surface area contributed by atoms with Crippen molar-refractivity contribution >= 4 is 33.2 Å². The van der Waals surface area contributed by atoms with Crippen molar-refractivity contribution in [3.8, 4) is 6.07 Å². The van der Waals surface area contributed by atoms with Gasteiger partial charge in [-0.15, -0.1) is 0 Å². The molecular formula is C21H28ClN5O4S. The third kappa shape index (κ3) is 5.60. The number of hydrogen-bond acceptors (Lipinski definition) is 7. The van der Waals surface area contributed by atoms with Crippen molar-refractivity contribution in [3.05, 3.63) is 35.0 Å². The first-order valence-corrected chi connectivity index (χ1v) is 12.3. The van der Waals surface area contributed by atoms with Gasteiger partial charge >= 0.3 is 0 Å². The normalized spacial score (nSPS) is 19.4. The van der Waals surface area contributed by atoms with Crippen molar-refractivity contribution in [2.45, 2.75) is 23.8 Å². The minimum Gasteiger partial charge on any atom is -0.379 e. The first-order chi connectivity index (χ1) is 15.2. The number of morpholine rings is 1. The average Bonchev–Trinajstić information content (AvgIpc) is 2.80. The second kappa shape index (κ2) is 10.6. The van der Waals surface area contributed by atoms with Crippen molar-refractivity contribution < 1.29 is 17.9 Å². The standard InChI is InChI=1S/C21H28ClN5O4S/c1-25-7-5-17(6-8-25)26(2)21(28)16(14-23)15-24-20-13-18(3-4-19(20)22)32(29,30)27-9-11-31-12-10-27/h3-4,13,15,17,24H,5-12H2,1-2H3/b16-15-. The van der Waals surface area contributed by atoms with E-state index in [9.17, 15) is 18.5 Å². The topological polar surface area (TPSA) is 106 Å². The maximum Gasteiger partial charge on any atom is 0.266 e. The van der Waals surface area contributed by atoms with Crippen LogP contribution in [-0.4, -0.2) is 88.0 Å². The Morgan fingerprint density at radius 2 is 1.94 bits per heavy atom. The molecule has 1 aromatic carbocycles. The van der Waals surface area contributed by atoms with Gasteiger partial charge in [0.05, 0.1) is 28.8 Å². The molecule has 0 aliphatic carbocycles. The number of nitriles is 1. The fourth-order valence-corrected chi connectivity index (χ4v) is 5.35. The van der Waals surface area contributed by atoms with Gasteiger partial charge in [-0.2, -0.15) is 9.57 Å². The highest BCUT2D eigenvalue weighted by molar-refractivity contribution is 7.89. The molecule has 2 fully saturated rings. The molecular weight excluding hydrogens is 454 g/mol. The lowest BCUT2D eigenvalue weighted by Crippen LogP contribution is -2.44. The highest BCUT2D eigenvalue weighted by atomic mass is 35.5. The van der Waals surface area contributed by atoms with Crippen LogP contribution in [-0.2, 0) is 19.6 Å². The van der Waals surface area contributed by atoms with E-state index >= 15 is 0 Å². The van der Waals surface area contributed by atoms with E-state index in [4.69, 9.17) is 16.3 Å². The minimum absolute atomic E-state index is 0.0704. The lowest BCUT2D eigenvalue weighted by Gasteiger charge is -2.35. The van der Waals surface area contributed by atoms with Crippen molar-refractivity contribution in [1.82, 2.24) is 14.1 Å². The number of piperidine rings is 1. The van der Waals surface area contributed by atoms with Crippen LogP contribution in [0.25, 0.3) is 0 Å². The van der Waals surface area contributed by atoms with Gasteiger partial charge in [-0.3, -0.25) is 4.79 Å². The molecule has 2 aliphatic rings. The van der Waals surface area contributed by atoms with E-state index in [1.807, 2.05) is 13.1 Å². The van der Waals surface area contributed by atoms with Crippen LogP contribution in [0.4, 0.5) is 5.69 Å². The summed E-state index contributed by atoms with van der Waals surface area (Å²) < 4.78 is 32.4. The van der Waals surface area contributed by atoms with Crippen molar-refractivity contribution in [3.63, 3.8) is 0 Å². The Morgan fingerprint density at radius 1 is 1.28 bits per heavy atom. The molecule has 1 amide bonds. The molecule has 0 radical (unpaired) electrons. The summed E-state index contributed by atoms with van der Waals surface area (Å²) in [7, 11) is 0.0374. The number of anilines is 1. The number of nitrogens with one attached hydrogen (secondary N) is 1. The number of halogens is 1. The molecule has 1 N–H and O–H groups in total. The molecule has 174 valence electrons. The van der Waals surface area contributed by atoms with E-state index in [0.29, 0.717) is 18.9 Å². The van der Waals surface area contributed by atoms with Crippen LogP contribution in [0, 0.1) is 11.3 Å². The fraction of sp³-hybridized carbons (Fsp3) is 0.524. The van der Waals surface area contributed by atoms with Crippen LogP contribution in [0.15, 0.2) is 34.9 Å². The summed E-state index contributed by atoms with van der Waals surface area (Å²) in [6, 6.07) is 6.32. The van der Waals surface area contributed by atoms with Gasteiger partial charge in [0.15, 0.2) is 0 Å². The van der Waals surface area contributed by atoms with Gasteiger partial charge in [-0.25, -0.2) is 8.42 Å². The first kappa shape index (κ1) is 24.5. The van der Waals surface area contributed by atoms with Crippen LogP contribution < -0.4 is 5.32 Å². The van der Waals surface area contributed by atoms with Crippen LogP contribution >= 0.6 is 11.6 Å². The maximum atomic E-state index is 12.9. The maximum absolute atomic E-state index is 12.9. The molecule has 0 bridgehead atoms. The monoisotopic (exact) mass is 481 g/mol. The van der Waals surface area contributed by atoms with E-state index < -0.39 is 10.0 Å². The molecule has 0 atom stereocenters. The fourth-order valence-electron chi connectivity index (χ4n) is 3.74. The zero-order chi connectivity index (χ0) is 23.3. The van der Waals surface area contributed by atoms with Crippen LogP contribution in [0.5, 0.6) is 0 Å². The molecule has 2 saturated heterocycles. The zero-order valence-electron chi connectivity index (χ0n) is 18.3. The van der Waals surface area contributed by atoms with E-state index in [2.05, 4.69) is 10.2 Å². The Morgan fingerprint density at radius 3 is 2.56 bits per heavy atom. The van der Waals surface area contributed by atoms with Gasteiger partial charge in [-0.1, -0.05) is 11.6 Å². The minimum atomic E-state index is -3.70. The van der Waals surface area contributed by atoms with Crippen LogP contribution in [0.1, 0.15) is 12.8 Å². The molecule has 0 saturated carbocycles. The van der Waals surface area contributed by atoms with Gasteiger partial charge < -0.3 is 19.9 Å². The summed E-state index contributed by atoms with van der Waals surface area (Å²) in [5.41, 5.74) is 0.215. The molecule has 3 rings (SSSR count). The Bertz CT molecular complexity index is 1010. The number of benzene rings is 1. The molecule has 32 heavy (non-hydrogen) atoms. The van der Waals surface area contributed by atoms with Gasteiger partial charge in [0, 0.05) is 32.4 Å². The second-order valence-corrected chi connectivity index (χ2v) is 10.3. The second-order valence-electron chi connectivity index (χ2n) is 7.92. The van der Waals surface area contributed by atoms with E-state index in [1.54, 1.807) is 11.9 Å². The Labute approximate surface area is 194 Å². The Kier molecular flexibility index (Phi) is 8.14. The number of ether oxygens (including phenoxy) is 1. The molecule has 0 spiro atoms. The van der Waals surface area contributed by atoms with Crippen molar-refractivity contribution in [2.24, 2.45) is 0 Å². The summed E-state index contributed by atoms with van der Waals surface area (Å²) >= 11 is 6.23. The van der Waals surface area contributed by atoms with Gasteiger partial charge in [0.25, 0.3) is 5.91 Å². The molecule has 1 aromatic rings. The Balaban J connectivity index is 1.76. The number of rotatable bonds is 6. The third-order valence-corrected chi connectivity index (χ3v) is 8.05. The molecule has 0 aromatic heterocycles. The van der Waals surface area contributed by atoms with Crippen molar-refractivity contribution in [2.75, 3.05) is 58.8 Å². The van der Waals surface area contributed by atoms with Gasteiger partial charge in [0.2, 0.25) is 10.0 Å². The molecule has 11 heteroatoms. The third-order valence-electron chi connectivity index (χ3n) is 5.82. The van der Waals surface area contributed by atoms with E-state index in [-0.39, 0.29) is 40.5 Å². The summed E-state index contributed by atoms with van der Waals surface area (Å²) in [6.07, 6.45) is 2.97.